The predicted molar refractivity (Wildman–Crippen MR) is 86.4 cm³/mol. The molecule has 0 aliphatic carbocycles. The van der Waals surface area contributed by atoms with Crippen molar-refractivity contribution in [1.82, 2.24) is 5.43 Å². The molecule has 0 spiro atoms. The van der Waals surface area contributed by atoms with E-state index in [-0.39, 0.29) is 12.5 Å². The summed E-state index contributed by atoms with van der Waals surface area (Å²) in [6.45, 7) is 2.20. The highest BCUT2D eigenvalue weighted by atomic mass is 16.2. The zero-order valence-corrected chi connectivity index (χ0v) is 12.0. The average Bonchev–Trinajstić information content (AvgIpc) is 2.52. The first kappa shape index (κ1) is 14.8. The summed E-state index contributed by atoms with van der Waals surface area (Å²) in [6.07, 6.45) is 2.40. The Kier molecular flexibility index (Phi) is 5.52. The smallest absolute Gasteiger partial charge is 0.259 e. The summed E-state index contributed by atoms with van der Waals surface area (Å²) >= 11 is 0. The number of aryl methyl sites for hydroxylation is 1. The number of hydrogen-bond donors (Lipinski definition) is 2. The minimum absolute atomic E-state index is 0.164. The molecule has 0 aromatic heterocycles. The summed E-state index contributed by atoms with van der Waals surface area (Å²) < 4.78 is 0. The number of hydrazone groups is 1. The van der Waals surface area contributed by atoms with Gasteiger partial charge in [-0.1, -0.05) is 48.5 Å². The highest BCUT2D eigenvalue weighted by Gasteiger charge is 2.00. The third-order valence-electron chi connectivity index (χ3n) is 3.03. The topological polar surface area (TPSA) is 53.5 Å². The molecule has 0 aliphatic rings. The zero-order chi connectivity index (χ0) is 14.9. The minimum Gasteiger partial charge on any atom is -0.376 e. The maximum Gasteiger partial charge on any atom is 0.259 e. The van der Waals surface area contributed by atoms with E-state index in [2.05, 4.69) is 15.8 Å². The summed E-state index contributed by atoms with van der Waals surface area (Å²) in [5.74, 6) is -0.164. The highest BCUT2D eigenvalue weighted by molar-refractivity contribution is 5.81. The number of para-hydroxylation sites is 1. The van der Waals surface area contributed by atoms with Crippen LogP contribution >= 0.6 is 0 Å². The van der Waals surface area contributed by atoms with Crippen molar-refractivity contribution < 1.29 is 4.79 Å². The van der Waals surface area contributed by atoms with Crippen LogP contribution in [0, 0.1) is 6.92 Å². The Morgan fingerprint density at radius 1 is 1.10 bits per heavy atom. The second-order valence-corrected chi connectivity index (χ2v) is 4.70. The molecule has 108 valence electrons. The molecular weight excluding hydrogens is 262 g/mol. The molecule has 1 amide bonds. The molecule has 0 aliphatic heterocycles. The first-order valence-electron chi connectivity index (χ1n) is 6.89. The Morgan fingerprint density at radius 2 is 1.81 bits per heavy atom. The third-order valence-corrected chi connectivity index (χ3v) is 3.03. The number of carbonyl (C=O) groups is 1. The largest absolute Gasteiger partial charge is 0.376 e. The van der Waals surface area contributed by atoms with Gasteiger partial charge < -0.3 is 5.32 Å². The molecule has 2 aromatic carbocycles. The molecule has 0 heterocycles. The summed E-state index contributed by atoms with van der Waals surface area (Å²) in [5.41, 5.74) is 5.74. The van der Waals surface area contributed by atoms with Crippen molar-refractivity contribution in [3.8, 4) is 0 Å². The molecule has 2 N–H and O–H groups in total. The Balaban J connectivity index is 1.71. The fourth-order valence-electron chi connectivity index (χ4n) is 1.87. The summed E-state index contributed by atoms with van der Waals surface area (Å²) in [5, 5.41) is 7.02. The fraction of sp³-hybridized carbons (Fsp3) is 0.176. The lowest BCUT2D eigenvalue weighted by Gasteiger charge is -2.07. The van der Waals surface area contributed by atoms with Crippen LogP contribution in [-0.2, 0) is 11.2 Å². The van der Waals surface area contributed by atoms with Crippen molar-refractivity contribution >= 4 is 17.8 Å². The summed E-state index contributed by atoms with van der Waals surface area (Å²) in [4.78, 5) is 11.7. The molecule has 0 unspecified atom stereocenters. The van der Waals surface area contributed by atoms with Crippen LogP contribution in [0.5, 0.6) is 0 Å². The monoisotopic (exact) mass is 281 g/mol. The van der Waals surface area contributed by atoms with E-state index in [1.54, 1.807) is 6.21 Å². The molecule has 2 rings (SSSR count). The number of carbonyl (C=O) groups excluding carboxylic acids is 1. The van der Waals surface area contributed by atoms with Crippen molar-refractivity contribution in [3.05, 3.63) is 65.7 Å². The molecule has 4 nitrogen and oxygen atoms in total. The van der Waals surface area contributed by atoms with Gasteiger partial charge in [0.2, 0.25) is 0 Å². The molecule has 0 bridgehead atoms. The maximum absolute atomic E-state index is 11.7. The SMILES string of the molecule is Cc1ccccc1NCC(=O)N/N=C/Cc1ccccc1. The number of nitrogens with zero attached hydrogens (tertiary/aromatic N) is 1. The molecule has 0 saturated heterocycles. The van der Waals surface area contributed by atoms with E-state index in [9.17, 15) is 4.79 Å². The van der Waals surface area contributed by atoms with Crippen LogP contribution in [0.25, 0.3) is 0 Å². The fourth-order valence-corrected chi connectivity index (χ4v) is 1.87. The van der Waals surface area contributed by atoms with Gasteiger partial charge in [0.15, 0.2) is 0 Å². The Morgan fingerprint density at radius 3 is 2.57 bits per heavy atom. The number of rotatable bonds is 6. The Hall–Kier alpha value is -2.62. The number of benzene rings is 2. The van der Waals surface area contributed by atoms with Crippen molar-refractivity contribution in [2.75, 3.05) is 11.9 Å². The van der Waals surface area contributed by atoms with Gasteiger partial charge in [0.1, 0.15) is 0 Å². The van der Waals surface area contributed by atoms with Gasteiger partial charge in [-0.3, -0.25) is 4.79 Å². The van der Waals surface area contributed by atoms with Gasteiger partial charge in [0.05, 0.1) is 6.54 Å². The van der Waals surface area contributed by atoms with Crippen LogP contribution in [0.2, 0.25) is 0 Å². The van der Waals surface area contributed by atoms with Crippen LogP contribution in [0.3, 0.4) is 0 Å². The maximum atomic E-state index is 11.7. The van der Waals surface area contributed by atoms with Gasteiger partial charge in [-0.25, -0.2) is 5.43 Å². The van der Waals surface area contributed by atoms with Gasteiger partial charge in [-0.2, -0.15) is 5.10 Å². The van der Waals surface area contributed by atoms with Gasteiger partial charge in [-0.15, -0.1) is 0 Å². The lowest BCUT2D eigenvalue weighted by atomic mass is 10.2. The van der Waals surface area contributed by atoms with Crippen molar-refractivity contribution in [1.29, 1.82) is 0 Å². The molecule has 4 heteroatoms. The van der Waals surface area contributed by atoms with E-state index in [0.29, 0.717) is 6.42 Å². The van der Waals surface area contributed by atoms with Crippen molar-refractivity contribution in [3.63, 3.8) is 0 Å². The first-order chi connectivity index (χ1) is 10.3. The number of nitrogens with one attached hydrogen (secondary N) is 2. The normalized spacial score (nSPS) is 10.5. The Bertz CT molecular complexity index is 608. The number of amides is 1. The lowest BCUT2D eigenvalue weighted by molar-refractivity contribution is -0.119. The van der Waals surface area contributed by atoms with Gasteiger partial charge in [0.25, 0.3) is 5.91 Å². The molecule has 0 atom stereocenters. The van der Waals surface area contributed by atoms with E-state index in [4.69, 9.17) is 0 Å². The van der Waals surface area contributed by atoms with Crippen LogP contribution < -0.4 is 10.7 Å². The second kappa shape index (κ2) is 7.85. The van der Waals surface area contributed by atoms with Crippen molar-refractivity contribution in [2.24, 2.45) is 5.10 Å². The molecular formula is C17H19N3O. The van der Waals surface area contributed by atoms with Crippen LogP contribution in [0.1, 0.15) is 11.1 Å². The highest BCUT2D eigenvalue weighted by Crippen LogP contribution is 2.12. The molecule has 2 aromatic rings. The van der Waals surface area contributed by atoms with Gasteiger partial charge in [-0.05, 0) is 24.1 Å². The van der Waals surface area contributed by atoms with Crippen molar-refractivity contribution in [2.45, 2.75) is 13.3 Å². The predicted octanol–water partition coefficient (Wildman–Crippen LogP) is 2.75. The zero-order valence-electron chi connectivity index (χ0n) is 12.0. The quantitative estimate of drug-likeness (QED) is 0.632. The van der Waals surface area contributed by atoms with Crippen LogP contribution in [0.4, 0.5) is 5.69 Å². The molecule has 0 radical (unpaired) electrons. The van der Waals surface area contributed by atoms with Crippen LogP contribution in [-0.4, -0.2) is 18.7 Å². The average molecular weight is 281 g/mol. The summed E-state index contributed by atoms with van der Waals surface area (Å²) in [6, 6.07) is 17.8. The standard InChI is InChI=1S/C17H19N3O/c1-14-7-5-6-10-16(14)18-13-17(21)20-19-12-11-15-8-3-2-4-9-15/h2-10,12,18H,11,13H2,1H3,(H,20,21)/b19-12+. The minimum atomic E-state index is -0.164. The number of anilines is 1. The second-order valence-electron chi connectivity index (χ2n) is 4.70. The van der Waals surface area contributed by atoms with E-state index >= 15 is 0 Å². The molecule has 0 fully saturated rings. The van der Waals surface area contributed by atoms with E-state index in [1.165, 1.54) is 0 Å². The third kappa shape index (κ3) is 5.10. The van der Waals surface area contributed by atoms with Gasteiger partial charge >= 0.3 is 0 Å². The number of hydrogen-bond acceptors (Lipinski definition) is 3. The van der Waals surface area contributed by atoms with E-state index in [1.807, 2.05) is 61.5 Å². The first-order valence-corrected chi connectivity index (χ1v) is 6.89. The Labute approximate surface area is 124 Å². The van der Waals surface area contributed by atoms with Gasteiger partial charge in [0, 0.05) is 18.3 Å². The molecule has 21 heavy (non-hydrogen) atoms. The van der Waals surface area contributed by atoms with Crippen LogP contribution in [0.15, 0.2) is 59.7 Å². The summed E-state index contributed by atoms with van der Waals surface area (Å²) in [7, 11) is 0. The molecule has 0 saturated carbocycles. The van der Waals surface area contributed by atoms with E-state index < -0.39 is 0 Å². The lowest BCUT2D eigenvalue weighted by Crippen LogP contribution is -2.26. The van der Waals surface area contributed by atoms with E-state index in [0.717, 1.165) is 16.8 Å².